The number of H-pyrrole nitrogens is 1. The number of alkyl carbamates (subject to hydrolysis) is 1. The number of nitrogens with two attached hydrogens (primary N) is 2. The van der Waals surface area contributed by atoms with Crippen LogP contribution in [0, 0.1) is 26.0 Å². The molecule has 2 fully saturated rings. The Morgan fingerprint density at radius 2 is 0.947 bits per heavy atom. The number of thioether (sulfide) groups is 1. The Hall–Kier alpha value is -15.2. The average Bonchev–Trinajstić information content (AvgIpc) is 1.64. The molecule has 4 aromatic carbocycles. The van der Waals surface area contributed by atoms with E-state index in [1.54, 1.807) is 45.7 Å². The lowest BCUT2D eigenvalue weighted by molar-refractivity contribution is -0.385. The molecule has 2 saturated heterocycles. The highest BCUT2D eigenvalue weighted by Crippen LogP contribution is 2.44. The molecule has 36 nitrogen and oxygen atoms in total. The molecule has 0 spiro atoms. The summed E-state index contributed by atoms with van der Waals surface area (Å²) < 4.78 is 200. The van der Waals surface area contributed by atoms with Crippen molar-refractivity contribution in [2.45, 2.75) is 107 Å². The van der Waals surface area contributed by atoms with E-state index in [2.05, 4.69) is 87.0 Å². The number of likely N-dealkylation sites (tertiary alicyclic amines) is 2. The summed E-state index contributed by atoms with van der Waals surface area (Å²) in [5.74, 6) is -1.75. The quantitative estimate of drug-likeness (QED) is 0.0197. The van der Waals surface area contributed by atoms with Crippen LogP contribution < -0.4 is 41.7 Å². The van der Waals surface area contributed by atoms with Gasteiger partial charge < -0.3 is 41.0 Å². The maximum atomic E-state index is 14.1. The number of aromatic amines is 1. The molecule has 1 amide bonds. The Morgan fingerprint density at radius 1 is 0.508 bits per heavy atom. The molecular weight excluding hydrogens is 1790 g/mol. The number of ether oxygens (including phenoxy) is 4. The number of hydrogen-bond acceptors (Lipinski definition) is 27. The van der Waals surface area contributed by atoms with Gasteiger partial charge in [-0.1, -0.05) is 0 Å². The van der Waals surface area contributed by atoms with Crippen LogP contribution in [0.15, 0.2) is 218 Å². The summed E-state index contributed by atoms with van der Waals surface area (Å²) in [6, 6.07) is 27.0. The first-order valence-corrected chi connectivity index (χ1v) is 40.5. The summed E-state index contributed by atoms with van der Waals surface area (Å²) >= 11 is 1.64. The van der Waals surface area contributed by atoms with Gasteiger partial charge in [0.05, 0.1) is 15.4 Å². The van der Waals surface area contributed by atoms with Gasteiger partial charge in [0, 0.05) is 141 Å². The highest BCUT2D eigenvalue weighted by Gasteiger charge is 2.40. The Kier molecular flexibility index (Phi) is 28.8. The highest BCUT2D eigenvalue weighted by molar-refractivity contribution is 7.98. The number of aromatic nitrogens is 18. The number of rotatable bonds is 16. The predicted molar refractivity (Wildman–Crippen MR) is 450 cm³/mol. The summed E-state index contributed by atoms with van der Waals surface area (Å²) in [6.45, 7) is 10.8. The van der Waals surface area contributed by atoms with Gasteiger partial charge in [-0.15, -0.1) is 11.8 Å². The number of benzene rings is 4. The molecule has 0 saturated carbocycles. The number of anilines is 3. The van der Waals surface area contributed by atoms with E-state index < -0.39 is 85.3 Å². The summed E-state index contributed by atoms with van der Waals surface area (Å²) in [5.41, 5.74) is 11.0. The standard InChI is InChI=1S/C25H24F3N9O.C18H27N5O2S.C13H7F3N4O3.C13H9F3N4O.C7H3F4NO2.C6H5N3O/c26-25(27,28)20-11-18(1-2-21(20)38-19-6-10-36-22(12-19)30-14-32-36)34-24-23-16(3-9-37(23)33-15-31-24)13-35-7-4-17(29)5-8-35;1-18(2,3)25-17(24)21-14-6-8-22(9-7-14)11-13-5-10-23-15(13)16(26-4)19-12-20-23;14-13(15,16)10-5-8(20(21)22)1-2-11(10)23-9-3-4-19-12(6-9)17-7-18-19;14-13(15,16)10-5-8(17)1-2-11(10)21-9-3-4-20-12(6-9)18-7-19-20;8-6-2-1-4(12(13)14)3-5(6)7(9,10)11;10-5-1-2-9-6(3-5)7-4-8-9/h1-3,6,9-12,14-15,17H,4-5,7-8,13,29H2,(H,31,33,34);5,10,12,14H,6-9,11H2,1-4H3,(H,21,24);1-7H;1-7H,17H2;1-3H;1-4H,(H,7,8). The number of amides is 1. The number of nitro groups is 2. The molecule has 132 heavy (non-hydrogen) atoms. The van der Waals surface area contributed by atoms with Crippen molar-refractivity contribution < 1.29 is 90.7 Å². The summed E-state index contributed by atoms with van der Waals surface area (Å²) in [7, 11) is 0. The zero-order valence-electron chi connectivity index (χ0n) is 69.3. The van der Waals surface area contributed by atoms with E-state index in [4.69, 9.17) is 30.4 Å². The monoisotopic (exact) mass is 1860 g/mol. The Balaban J connectivity index is 0.000000141. The molecule has 2 aliphatic heterocycles. The zero-order valence-corrected chi connectivity index (χ0v) is 70.1. The molecular formula is C82H75F13N26O10S. The number of piperidine rings is 2. The number of pyridine rings is 4. The molecule has 12 aromatic heterocycles. The summed E-state index contributed by atoms with van der Waals surface area (Å²) in [6.07, 6.45) is 4.99. The minimum absolute atomic E-state index is 0.0163. The zero-order chi connectivity index (χ0) is 94.6. The summed E-state index contributed by atoms with van der Waals surface area (Å²) in [5, 5.41) is 50.9. The van der Waals surface area contributed by atoms with Gasteiger partial charge in [-0.3, -0.25) is 39.9 Å². The number of nitrogen functional groups attached to an aromatic ring is 1. The number of fused-ring (bicyclic) bond motifs is 6. The van der Waals surface area contributed by atoms with E-state index in [0.717, 1.165) is 98.8 Å². The van der Waals surface area contributed by atoms with Crippen LogP contribution >= 0.6 is 11.8 Å². The highest BCUT2D eigenvalue weighted by atomic mass is 32.2. The number of carbonyl (C=O) groups excluding carboxylic acids is 1. The van der Waals surface area contributed by atoms with Crippen molar-refractivity contribution in [3.63, 3.8) is 0 Å². The molecule has 0 unspecified atom stereocenters. The lowest BCUT2D eigenvalue weighted by atomic mass is 10.0. The van der Waals surface area contributed by atoms with Gasteiger partial charge in [-0.05, 0) is 156 Å². The minimum Gasteiger partial charge on any atom is -0.457 e. The van der Waals surface area contributed by atoms with Crippen LogP contribution in [-0.2, 0) is 42.5 Å². The fraction of sp³-hybridized carbons (Fsp3) is 0.256. The second kappa shape index (κ2) is 40.2. The van der Waals surface area contributed by atoms with Crippen LogP contribution in [0.1, 0.15) is 79.8 Å². The van der Waals surface area contributed by atoms with Gasteiger partial charge >= 0.3 is 30.8 Å². The Labute approximate surface area is 739 Å². The predicted octanol–water partition coefficient (Wildman–Crippen LogP) is 16.5. The number of nitrogens with one attached hydrogen (secondary N) is 3. The van der Waals surface area contributed by atoms with Crippen molar-refractivity contribution in [3.05, 3.63) is 278 Å². The minimum atomic E-state index is -4.92. The first-order chi connectivity index (χ1) is 62.6. The third kappa shape index (κ3) is 24.6. The van der Waals surface area contributed by atoms with Gasteiger partial charge in [0.2, 0.25) is 0 Å². The van der Waals surface area contributed by atoms with E-state index in [1.807, 2.05) is 50.0 Å². The number of alkyl halides is 12. The van der Waals surface area contributed by atoms with Crippen molar-refractivity contribution in [3.8, 4) is 34.5 Å². The van der Waals surface area contributed by atoms with Crippen LogP contribution in [-0.4, -0.2) is 163 Å². The maximum Gasteiger partial charge on any atom is 0.420 e. The number of nitrogens with zero attached hydrogens (tertiary/aromatic N) is 21. The van der Waals surface area contributed by atoms with E-state index in [-0.39, 0.29) is 69.8 Å². The molecule has 16 aromatic rings. The topological polar surface area (TPSA) is 424 Å². The first kappa shape index (κ1) is 94.4. The second-order valence-corrected chi connectivity index (χ2v) is 30.8. The van der Waals surface area contributed by atoms with E-state index in [1.165, 1.54) is 130 Å². The van der Waals surface area contributed by atoms with Gasteiger partial charge in [0.25, 0.3) is 11.4 Å². The molecule has 18 rings (SSSR count). The number of nitro benzene ring substituents is 2. The van der Waals surface area contributed by atoms with Gasteiger partial charge in [-0.25, -0.2) is 66.2 Å². The normalized spacial score (nSPS) is 13.6. The van der Waals surface area contributed by atoms with Gasteiger partial charge in [0.1, 0.15) is 117 Å². The average molecular weight is 1860 g/mol. The van der Waals surface area contributed by atoms with Crippen LogP contribution in [0.3, 0.4) is 0 Å². The van der Waals surface area contributed by atoms with Crippen LogP contribution in [0.4, 0.5) is 90.4 Å². The SMILES string of the molecule is CSc1ncnn2ccc(CN3CCC(NC(=O)OC(C)(C)C)CC3)c12.NC1CCN(Cc2ccn3ncnc(Nc4ccc(Oc5ccn6ncnc6c5)c(C(F)(F)F)c4)c23)CC1.Nc1ccc(Oc2ccn3ncnc3c2)c(C(F)(F)F)c1.O=[N+]([O-])c1ccc(F)c(C(F)(F)F)c1.O=[N+]([O-])c1ccc(Oc2ccn3ncnc3c2)c(C(F)(F)F)c1.O=c1ccn2[nH]cnc2c1. The molecule has 50 heteroatoms. The molecule has 0 aliphatic carbocycles. The maximum absolute atomic E-state index is 14.1. The molecule has 7 N–H and O–H groups in total. The number of hydrogen-bond donors (Lipinski definition) is 5. The molecule has 0 radical (unpaired) electrons. The first-order valence-electron chi connectivity index (χ1n) is 39.3. The largest absolute Gasteiger partial charge is 0.457 e. The van der Waals surface area contributed by atoms with Crippen molar-refractivity contribution in [1.29, 1.82) is 0 Å². The lowest BCUT2D eigenvalue weighted by Gasteiger charge is -2.32. The van der Waals surface area contributed by atoms with Crippen molar-refractivity contribution in [2.24, 2.45) is 5.73 Å². The van der Waals surface area contributed by atoms with Crippen LogP contribution in [0.5, 0.6) is 34.5 Å². The number of halogens is 13. The van der Waals surface area contributed by atoms with Gasteiger partial charge in [0.15, 0.2) is 33.8 Å². The number of non-ortho nitro benzene ring substituents is 2. The molecule has 0 bridgehead atoms. The third-order valence-corrected chi connectivity index (χ3v) is 20.2. The van der Waals surface area contributed by atoms with E-state index in [0.29, 0.717) is 58.7 Å². The Bertz CT molecular complexity index is 6820. The number of carbonyl (C=O) groups is 1. The van der Waals surface area contributed by atoms with E-state index in [9.17, 15) is 86.9 Å². The molecule has 2 aliphatic rings. The molecule has 690 valence electrons. The van der Waals surface area contributed by atoms with Gasteiger partial charge in [-0.2, -0.15) is 78.2 Å². The smallest absolute Gasteiger partial charge is 0.420 e. The molecule has 14 heterocycles. The van der Waals surface area contributed by atoms with Crippen molar-refractivity contribution >= 4 is 80.0 Å². The fourth-order valence-electron chi connectivity index (χ4n) is 13.3. The summed E-state index contributed by atoms with van der Waals surface area (Å²) in [4.78, 5) is 70.6. The Morgan fingerprint density at radius 3 is 1.45 bits per heavy atom. The van der Waals surface area contributed by atoms with Crippen molar-refractivity contribution in [2.75, 3.05) is 43.5 Å². The third-order valence-electron chi connectivity index (χ3n) is 19.5. The fourth-order valence-corrected chi connectivity index (χ4v) is 13.9. The van der Waals surface area contributed by atoms with Crippen molar-refractivity contribution in [1.82, 2.24) is 103 Å². The molecule has 0 atom stereocenters. The second-order valence-electron chi connectivity index (χ2n) is 30.0. The van der Waals surface area contributed by atoms with Crippen LogP contribution in [0.2, 0.25) is 0 Å². The lowest BCUT2D eigenvalue weighted by Crippen LogP contribution is -2.45. The van der Waals surface area contributed by atoms with Crippen LogP contribution in [0.25, 0.3) is 33.6 Å². The van der Waals surface area contributed by atoms with E-state index >= 15 is 0 Å².